The van der Waals surface area contributed by atoms with Gasteiger partial charge in [0, 0.05) is 32.4 Å². The Balaban J connectivity index is 1.61. The van der Waals surface area contributed by atoms with Crippen molar-refractivity contribution in [3.8, 4) is 10.4 Å². The van der Waals surface area contributed by atoms with Crippen molar-refractivity contribution in [2.45, 2.75) is 32.4 Å². The molecule has 1 saturated heterocycles. The fourth-order valence-corrected chi connectivity index (χ4v) is 4.01. The summed E-state index contributed by atoms with van der Waals surface area (Å²) in [4.78, 5) is 34.2. The number of carbonyl (C=O) groups is 2. The minimum absolute atomic E-state index is 0.162. The Morgan fingerprint density at radius 1 is 1.23 bits per heavy atom. The van der Waals surface area contributed by atoms with Crippen LogP contribution in [0.15, 0.2) is 36.5 Å². The largest absolute Gasteiger partial charge is 0.444 e. The number of nitrogens with one attached hydrogen (secondary N) is 2. The van der Waals surface area contributed by atoms with Crippen LogP contribution in [-0.2, 0) is 4.74 Å². The minimum Gasteiger partial charge on any atom is -0.444 e. The third kappa shape index (κ3) is 6.17. The van der Waals surface area contributed by atoms with Crippen molar-refractivity contribution < 1.29 is 14.3 Å². The van der Waals surface area contributed by atoms with Gasteiger partial charge < -0.3 is 19.9 Å². The van der Waals surface area contributed by atoms with Crippen LogP contribution in [0.4, 0.5) is 14.7 Å². The molecule has 1 fully saturated rings. The van der Waals surface area contributed by atoms with Crippen LogP contribution in [0, 0.1) is 0 Å². The maximum Gasteiger partial charge on any atom is 0.407 e. The average Bonchev–Trinajstić information content (AvgIpc) is 3.14. The van der Waals surface area contributed by atoms with E-state index in [0.29, 0.717) is 24.8 Å². The average molecular weight is 432 g/mol. The second kappa shape index (κ2) is 9.44. The van der Waals surface area contributed by atoms with Crippen LogP contribution in [0.2, 0.25) is 0 Å². The van der Waals surface area contributed by atoms with Crippen LogP contribution in [0.3, 0.4) is 0 Å². The molecule has 1 atom stereocenters. The van der Waals surface area contributed by atoms with Gasteiger partial charge >= 0.3 is 12.1 Å². The van der Waals surface area contributed by atoms with Gasteiger partial charge in [-0.05, 0) is 33.4 Å². The van der Waals surface area contributed by atoms with Crippen LogP contribution >= 0.6 is 11.3 Å². The van der Waals surface area contributed by atoms with E-state index in [1.54, 1.807) is 11.1 Å². The van der Waals surface area contributed by atoms with Crippen molar-refractivity contribution in [1.29, 1.82) is 0 Å². The monoisotopic (exact) mass is 431 g/mol. The lowest BCUT2D eigenvalue weighted by Gasteiger charge is -2.39. The summed E-state index contributed by atoms with van der Waals surface area (Å²) in [6, 6.07) is 9.56. The minimum atomic E-state index is -0.564. The van der Waals surface area contributed by atoms with E-state index in [9.17, 15) is 9.59 Å². The molecule has 0 spiro atoms. The smallest absolute Gasteiger partial charge is 0.407 e. The summed E-state index contributed by atoms with van der Waals surface area (Å²) in [7, 11) is 2.00. The number of aromatic nitrogens is 1. The zero-order valence-electron chi connectivity index (χ0n) is 17.8. The van der Waals surface area contributed by atoms with Crippen molar-refractivity contribution in [2.24, 2.45) is 0 Å². The number of rotatable bonds is 4. The molecule has 1 aromatic heterocycles. The van der Waals surface area contributed by atoms with Gasteiger partial charge in [-0.2, -0.15) is 0 Å². The predicted octanol–water partition coefficient (Wildman–Crippen LogP) is 3.48. The quantitative estimate of drug-likeness (QED) is 0.774. The molecule has 1 aliphatic rings. The molecule has 1 aromatic carbocycles. The second-order valence-electron chi connectivity index (χ2n) is 8.32. The first-order valence-electron chi connectivity index (χ1n) is 9.95. The van der Waals surface area contributed by atoms with Crippen molar-refractivity contribution >= 4 is 28.6 Å². The van der Waals surface area contributed by atoms with Gasteiger partial charge in [-0.25, -0.2) is 14.6 Å². The molecule has 3 amide bonds. The number of alkyl carbamates (subject to hydrolysis) is 1. The molecule has 1 aliphatic heterocycles. The summed E-state index contributed by atoms with van der Waals surface area (Å²) < 4.78 is 5.30. The number of anilines is 1. The zero-order valence-corrected chi connectivity index (χ0v) is 18.7. The van der Waals surface area contributed by atoms with Crippen molar-refractivity contribution in [2.75, 3.05) is 38.5 Å². The first-order chi connectivity index (χ1) is 14.2. The van der Waals surface area contributed by atoms with Gasteiger partial charge in [0.15, 0.2) is 5.13 Å². The van der Waals surface area contributed by atoms with Gasteiger partial charge in [0.25, 0.3) is 0 Å². The van der Waals surface area contributed by atoms with E-state index in [2.05, 4.69) is 20.5 Å². The van der Waals surface area contributed by atoms with E-state index >= 15 is 0 Å². The highest BCUT2D eigenvalue weighted by Gasteiger charge is 2.30. The summed E-state index contributed by atoms with van der Waals surface area (Å²) in [6.07, 6.45) is 1.28. The van der Waals surface area contributed by atoms with Gasteiger partial charge in [0.1, 0.15) is 5.60 Å². The zero-order chi connectivity index (χ0) is 21.7. The Hall–Kier alpha value is -2.65. The highest BCUT2D eigenvalue weighted by atomic mass is 32.1. The van der Waals surface area contributed by atoms with Crippen LogP contribution in [-0.4, -0.2) is 71.8 Å². The van der Waals surface area contributed by atoms with E-state index in [-0.39, 0.29) is 12.1 Å². The molecule has 3 rings (SSSR count). The maximum atomic E-state index is 12.9. The third-order valence-corrected chi connectivity index (χ3v) is 5.57. The highest BCUT2D eigenvalue weighted by molar-refractivity contribution is 7.19. The summed E-state index contributed by atoms with van der Waals surface area (Å²) in [5, 5.41) is 6.24. The number of piperazine rings is 1. The number of likely N-dealkylation sites (N-methyl/N-ethyl adjacent to an activating group) is 1. The van der Waals surface area contributed by atoms with Crippen molar-refractivity contribution in [3.05, 3.63) is 36.5 Å². The summed E-state index contributed by atoms with van der Waals surface area (Å²) in [5.41, 5.74) is 0.501. The molecule has 2 aromatic rings. The van der Waals surface area contributed by atoms with E-state index < -0.39 is 11.7 Å². The molecule has 0 saturated carbocycles. The second-order valence-corrected chi connectivity index (χ2v) is 9.35. The molecule has 0 bridgehead atoms. The number of ether oxygens (including phenoxy) is 1. The number of carbonyl (C=O) groups excluding carboxylic acids is 2. The van der Waals surface area contributed by atoms with Crippen LogP contribution < -0.4 is 10.6 Å². The number of nitrogens with zero attached hydrogens (tertiary/aromatic N) is 3. The molecule has 9 heteroatoms. The van der Waals surface area contributed by atoms with Crippen LogP contribution in [0.1, 0.15) is 20.8 Å². The Morgan fingerprint density at radius 3 is 2.67 bits per heavy atom. The first-order valence-corrected chi connectivity index (χ1v) is 10.8. The molecule has 2 N–H and O–H groups in total. The number of amides is 3. The van der Waals surface area contributed by atoms with Crippen LogP contribution in [0.5, 0.6) is 0 Å². The lowest BCUT2D eigenvalue weighted by molar-refractivity contribution is 0.0490. The predicted molar refractivity (Wildman–Crippen MR) is 119 cm³/mol. The molecule has 0 unspecified atom stereocenters. The lowest BCUT2D eigenvalue weighted by Crippen LogP contribution is -2.58. The molecule has 0 radical (unpaired) electrons. The summed E-state index contributed by atoms with van der Waals surface area (Å²) >= 11 is 1.43. The van der Waals surface area contributed by atoms with Gasteiger partial charge in [-0.3, -0.25) is 5.32 Å². The molecule has 0 aliphatic carbocycles. The molecular weight excluding hydrogens is 402 g/mol. The first kappa shape index (κ1) is 22.0. The van der Waals surface area contributed by atoms with Gasteiger partial charge in [-0.15, -0.1) is 0 Å². The lowest BCUT2D eigenvalue weighted by atomic mass is 10.2. The Bertz CT molecular complexity index is 865. The Labute approximate surface area is 181 Å². The summed E-state index contributed by atoms with van der Waals surface area (Å²) in [5.74, 6) is 0. The molecular formula is C21H29N5O3S. The maximum absolute atomic E-state index is 12.9. The van der Waals surface area contributed by atoms with Gasteiger partial charge in [-0.1, -0.05) is 41.7 Å². The number of hydrogen-bond donors (Lipinski definition) is 2. The number of thiazole rings is 1. The molecule has 162 valence electrons. The fourth-order valence-electron chi connectivity index (χ4n) is 3.20. The van der Waals surface area contributed by atoms with Gasteiger partial charge in [0.05, 0.1) is 10.9 Å². The van der Waals surface area contributed by atoms with E-state index in [4.69, 9.17) is 4.74 Å². The Morgan fingerprint density at radius 2 is 1.97 bits per heavy atom. The Kier molecular flexibility index (Phi) is 6.94. The number of urea groups is 1. The number of hydrogen-bond acceptors (Lipinski definition) is 6. The SMILES string of the molecule is CN1CCN(C(=O)Nc2ncc(-c3ccccc3)s2)[C@@H](CNC(=O)OC(C)(C)C)C1. The standard InChI is InChI=1S/C21H29N5O3S/c1-21(2,3)29-20(28)23-12-16-14-25(4)10-11-26(16)19(27)24-18-22-13-17(30-18)15-8-6-5-7-9-15/h5-9,13,16H,10-12,14H2,1-4H3,(H,23,28)(H,22,24,27)/t16-/m0/s1. The van der Waals surface area contributed by atoms with Crippen LogP contribution in [0.25, 0.3) is 10.4 Å². The van der Waals surface area contributed by atoms with E-state index in [0.717, 1.165) is 17.0 Å². The molecule has 30 heavy (non-hydrogen) atoms. The highest BCUT2D eigenvalue weighted by Crippen LogP contribution is 2.29. The summed E-state index contributed by atoms with van der Waals surface area (Å²) in [6.45, 7) is 7.77. The number of benzene rings is 1. The van der Waals surface area contributed by atoms with Crippen molar-refractivity contribution in [3.63, 3.8) is 0 Å². The van der Waals surface area contributed by atoms with E-state index in [1.807, 2.05) is 58.2 Å². The molecule has 8 nitrogen and oxygen atoms in total. The molecule has 2 heterocycles. The van der Waals surface area contributed by atoms with Gasteiger partial charge in [0.2, 0.25) is 0 Å². The topological polar surface area (TPSA) is 86.8 Å². The normalized spacial score (nSPS) is 17.5. The fraction of sp³-hybridized carbons (Fsp3) is 0.476. The van der Waals surface area contributed by atoms with Crippen molar-refractivity contribution in [1.82, 2.24) is 20.1 Å². The van der Waals surface area contributed by atoms with E-state index in [1.165, 1.54) is 11.3 Å². The third-order valence-electron chi connectivity index (χ3n) is 4.61.